The number of hydrogen-bond donors (Lipinski definition) is 1. The number of nitrogens with zero attached hydrogens (tertiary/aromatic N) is 2. The molecule has 2 N–H and O–H groups in total. The molecule has 1 aliphatic heterocycles. The van der Waals surface area contributed by atoms with Crippen molar-refractivity contribution in [3.05, 3.63) is 24.3 Å². The van der Waals surface area contributed by atoms with E-state index in [-0.39, 0.29) is 11.9 Å². The molecule has 0 bridgehead atoms. The third-order valence-corrected chi connectivity index (χ3v) is 3.56. The fourth-order valence-electron chi connectivity index (χ4n) is 2.43. The van der Waals surface area contributed by atoms with Crippen molar-refractivity contribution in [2.45, 2.75) is 12.5 Å². The van der Waals surface area contributed by atoms with Crippen molar-refractivity contribution >= 4 is 11.6 Å². The Balaban J connectivity index is 2.22. The fourth-order valence-corrected chi connectivity index (χ4v) is 2.43. The number of hydrogen-bond acceptors (Lipinski definition) is 4. The van der Waals surface area contributed by atoms with Crippen molar-refractivity contribution in [3.8, 4) is 5.75 Å². The van der Waals surface area contributed by atoms with Crippen molar-refractivity contribution in [2.75, 3.05) is 38.7 Å². The van der Waals surface area contributed by atoms with Gasteiger partial charge < -0.3 is 20.3 Å². The second-order valence-electron chi connectivity index (χ2n) is 4.74. The molecule has 5 nitrogen and oxygen atoms in total. The standard InChI is InChI=1S/C14H21N3O2/c1-16-9-10-17(13(7-8-15)14(16)18)11-3-5-12(19-2)6-4-11/h3-6,13H,7-10,15H2,1-2H3. The Morgan fingerprint density at radius 1 is 1.32 bits per heavy atom. The van der Waals surface area contributed by atoms with Crippen LogP contribution in [0.1, 0.15) is 6.42 Å². The third-order valence-electron chi connectivity index (χ3n) is 3.56. The molecule has 0 spiro atoms. The number of ether oxygens (including phenoxy) is 1. The number of amides is 1. The molecule has 0 aliphatic carbocycles. The van der Waals surface area contributed by atoms with Gasteiger partial charge in [0.2, 0.25) is 5.91 Å². The molecule has 104 valence electrons. The maximum absolute atomic E-state index is 12.2. The van der Waals surface area contributed by atoms with E-state index in [0.29, 0.717) is 13.0 Å². The quantitative estimate of drug-likeness (QED) is 0.868. The summed E-state index contributed by atoms with van der Waals surface area (Å²) in [5.74, 6) is 0.965. The monoisotopic (exact) mass is 263 g/mol. The summed E-state index contributed by atoms with van der Waals surface area (Å²) in [5.41, 5.74) is 6.68. The Morgan fingerprint density at radius 2 is 2.00 bits per heavy atom. The maximum Gasteiger partial charge on any atom is 0.245 e. The van der Waals surface area contributed by atoms with Gasteiger partial charge in [0.25, 0.3) is 0 Å². The summed E-state index contributed by atoms with van der Waals surface area (Å²) in [4.78, 5) is 16.1. The number of carbonyl (C=O) groups excluding carboxylic acids is 1. The van der Waals surface area contributed by atoms with Gasteiger partial charge in [-0.3, -0.25) is 4.79 Å². The molecule has 1 saturated heterocycles. The molecule has 1 atom stereocenters. The van der Waals surface area contributed by atoms with Gasteiger partial charge in [0.05, 0.1) is 7.11 Å². The third kappa shape index (κ3) is 2.81. The van der Waals surface area contributed by atoms with Crippen LogP contribution in [0.4, 0.5) is 5.69 Å². The number of nitrogens with two attached hydrogens (primary N) is 1. The Bertz CT molecular complexity index is 433. The van der Waals surface area contributed by atoms with Crippen LogP contribution in [0.25, 0.3) is 0 Å². The van der Waals surface area contributed by atoms with Crippen LogP contribution in [0.2, 0.25) is 0 Å². The van der Waals surface area contributed by atoms with Crippen LogP contribution in [0.15, 0.2) is 24.3 Å². The van der Waals surface area contributed by atoms with Crippen LogP contribution < -0.4 is 15.4 Å². The van der Waals surface area contributed by atoms with E-state index in [9.17, 15) is 4.79 Å². The van der Waals surface area contributed by atoms with Crippen LogP contribution in [0.3, 0.4) is 0 Å². The van der Waals surface area contributed by atoms with Gasteiger partial charge in [-0.15, -0.1) is 0 Å². The lowest BCUT2D eigenvalue weighted by molar-refractivity contribution is -0.133. The predicted molar refractivity (Wildman–Crippen MR) is 75.4 cm³/mol. The average molecular weight is 263 g/mol. The zero-order chi connectivity index (χ0) is 13.8. The molecular formula is C14H21N3O2. The molecule has 0 saturated carbocycles. The van der Waals surface area contributed by atoms with Gasteiger partial charge in [-0.05, 0) is 37.2 Å². The molecule has 1 unspecified atom stereocenters. The fraction of sp³-hybridized carbons (Fsp3) is 0.500. The molecule has 5 heteroatoms. The lowest BCUT2D eigenvalue weighted by Crippen LogP contribution is -2.56. The largest absolute Gasteiger partial charge is 0.497 e. The van der Waals surface area contributed by atoms with E-state index in [1.165, 1.54) is 0 Å². The Morgan fingerprint density at radius 3 is 2.58 bits per heavy atom. The van der Waals surface area contributed by atoms with E-state index >= 15 is 0 Å². The van der Waals surface area contributed by atoms with E-state index in [4.69, 9.17) is 10.5 Å². The lowest BCUT2D eigenvalue weighted by atomic mass is 10.1. The molecule has 1 amide bonds. The number of piperazine rings is 1. The molecule has 1 aromatic rings. The van der Waals surface area contributed by atoms with E-state index in [2.05, 4.69) is 4.90 Å². The summed E-state index contributed by atoms with van der Waals surface area (Å²) in [6, 6.07) is 7.65. The van der Waals surface area contributed by atoms with Crippen LogP contribution >= 0.6 is 0 Å². The van der Waals surface area contributed by atoms with E-state index in [0.717, 1.165) is 24.5 Å². The normalized spacial score (nSPS) is 19.7. The average Bonchev–Trinajstić information content (AvgIpc) is 2.44. The first-order valence-electron chi connectivity index (χ1n) is 6.53. The second kappa shape index (κ2) is 5.93. The molecule has 2 rings (SSSR count). The van der Waals surface area contributed by atoms with E-state index in [1.807, 2.05) is 31.3 Å². The van der Waals surface area contributed by atoms with Gasteiger partial charge in [-0.2, -0.15) is 0 Å². The van der Waals surface area contributed by atoms with Gasteiger partial charge in [-0.25, -0.2) is 0 Å². The summed E-state index contributed by atoms with van der Waals surface area (Å²) < 4.78 is 5.16. The molecular weight excluding hydrogens is 242 g/mol. The number of benzene rings is 1. The van der Waals surface area contributed by atoms with Crippen molar-refractivity contribution < 1.29 is 9.53 Å². The van der Waals surface area contributed by atoms with Gasteiger partial charge in [0.1, 0.15) is 11.8 Å². The maximum atomic E-state index is 12.2. The van der Waals surface area contributed by atoms with Crippen LogP contribution in [0, 0.1) is 0 Å². The van der Waals surface area contributed by atoms with Crippen LogP contribution in [-0.2, 0) is 4.79 Å². The second-order valence-corrected chi connectivity index (χ2v) is 4.74. The highest BCUT2D eigenvalue weighted by molar-refractivity contribution is 5.86. The Labute approximate surface area is 113 Å². The Kier molecular flexibility index (Phi) is 4.27. The number of methoxy groups -OCH3 is 1. The molecule has 1 heterocycles. The number of carbonyl (C=O) groups is 1. The summed E-state index contributed by atoms with van der Waals surface area (Å²) in [6.07, 6.45) is 0.676. The minimum Gasteiger partial charge on any atom is -0.497 e. The minimum atomic E-state index is -0.155. The first-order chi connectivity index (χ1) is 9.17. The molecule has 1 aliphatic rings. The topological polar surface area (TPSA) is 58.8 Å². The van der Waals surface area contributed by atoms with Gasteiger partial charge in [0, 0.05) is 25.8 Å². The van der Waals surface area contributed by atoms with Crippen LogP contribution in [0.5, 0.6) is 5.75 Å². The summed E-state index contributed by atoms with van der Waals surface area (Å²) in [5, 5.41) is 0. The first-order valence-corrected chi connectivity index (χ1v) is 6.53. The number of likely N-dealkylation sites (N-methyl/N-ethyl adjacent to an activating group) is 1. The zero-order valence-electron chi connectivity index (χ0n) is 11.5. The molecule has 19 heavy (non-hydrogen) atoms. The highest BCUT2D eigenvalue weighted by Gasteiger charge is 2.32. The minimum absolute atomic E-state index is 0.146. The summed E-state index contributed by atoms with van der Waals surface area (Å²) >= 11 is 0. The van der Waals surface area contributed by atoms with Crippen LogP contribution in [-0.4, -0.2) is 50.6 Å². The SMILES string of the molecule is COc1ccc(N2CCN(C)C(=O)C2CCN)cc1. The predicted octanol–water partition coefficient (Wildman–Crippen LogP) is 0.691. The lowest BCUT2D eigenvalue weighted by Gasteiger charge is -2.40. The molecule has 1 fully saturated rings. The molecule has 1 aromatic carbocycles. The van der Waals surface area contributed by atoms with E-state index in [1.54, 1.807) is 12.0 Å². The van der Waals surface area contributed by atoms with Crippen molar-refractivity contribution in [1.29, 1.82) is 0 Å². The Hall–Kier alpha value is -1.75. The molecule has 0 aromatic heterocycles. The van der Waals surface area contributed by atoms with Gasteiger partial charge in [-0.1, -0.05) is 0 Å². The van der Waals surface area contributed by atoms with Crippen molar-refractivity contribution in [2.24, 2.45) is 5.73 Å². The first kappa shape index (κ1) is 13.7. The highest BCUT2D eigenvalue weighted by Crippen LogP contribution is 2.24. The van der Waals surface area contributed by atoms with Crippen molar-refractivity contribution in [3.63, 3.8) is 0 Å². The summed E-state index contributed by atoms with van der Waals surface area (Å²) in [6.45, 7) is 2.09. The van der Waals surface area contributed by atoms with Crippen molar-refractivity contribution in [1.82, 2.24) is 4.90 Å². The van der Waals surface area contributed by atoms with Gasteiger partial charge in [0.15, 0.2) is 0 Å². The number of anilines is 1. The van der Waals surface area contributed by atoms with Gasteiger partial charge >= 0.3 is 0 Å². The number of rotatable bonds is 4. The zero-order valence-corrected chi connectivity index (χ0v) is 11.5. The highest BCUT2D eigenvalue weighted by atomic mass is 16.5. The molecule has 0 radical (unpaired) electrons. The smallest absolute Gasteiger partial charge is 0.245 e. The van der Waals surface area contributed by atoms with E-state index < -0.39 is 0 Å². The summed E-state index contributed by atoms with van der Waals surface area (Å²) in [7, 11) is 3.49.